The van der Waals surface area contributed by atoms with Crippen LogP contribution in [0.1, 0.15) is 0 Å². The molecule has 0 fully saturated rings. The Hall–Kier alpha value is -6.30. The molecule has 3 heterocycles. The molecule has 0 radical (unpaired) electrons. The lowest BCUT2D eigenvalue weighted by molar-refractivity contribution is 1.18. The SMILES string of the molecule is c1ccc(-c2cc(-c3ccccc3)nc(-c3cccc(-c4cccc(-c5nc(-c6ccccc6)nc6sc7ccccc7c56)c4)c3)n2)cc1. The van der Waals surface area contributed by atoms with E-state index in [0.29, 0.717) is 5.82 Å². The highest BCUT2D eigenvalue weighted by Gasteiger charge is 2.17. The molecule has 9 rings (SSSR count). The molecule has 9 aromatic rings. The fourth-order valence-corrected chi connectivity index (χ4v) is 7.40. The average molecular weight is 645 g/mol. The van der Waals surface area contributed by atoms with E-state index < -0.39 is 0 Å². The normalized spacial score (nSPS) is 11.3. The maximum atomic E-state index is 5.22. The summed E-state index contributed by atoms with van der Waals surface area (Å²) in [6.07, 6.45) is 0. The van der Waals surface area contributed by atoms with E-state index in [4.69, 9.17) is 19.9 Å². The van der Waals surface area contributed by atoms with E-state index in [-0.39, 0.29) is 0 Å². The first-order valence-electron chi connectivity index (χ1n) is 16.2. The second-order valence-corrected chi connectivity index (χ2v) is 12.9. The summed E-state index contributed by atoms with van der Waals surface area (Å²) >= 11 is 1.71. The van der Waals surface area contributed by atoms with Crippen LogP contribution in [0, 0.1) is 0 Å². The summed E-state index contributed by atoms with van der Waals surface area (Å²) in [6.45, 7) is 0. The highest BCUT2D eigenvalue weighted by atomic mass is 32.1. The molecule has 0 aliphatic heterocycles. The Morgan fingerprint density at radius 1 is 0.347 bits per heavy atom. The van der Waals surface area contributed by atoms with E-state index in [1.165, 1.54) is 10.1 Å². The molecule has 4 nitrogen and oxygen atoms in total. The molecule has 0 N–H and O–H groups in total. The molecule has 230 valence electrons. The predicted octanol–water partition coefficient (Wildman–Crippen LogP) is 11.6. The fraction of sp³-hybridized carbons (Fsp3) is 0. The quantitative estimate of drug-likeness (QED) is 0.181. The van der Waals surface area contributed by atoms with Gasteiger partial charge in [-0.3, -0.25) is 0 Å². The molecule has 49 heavy (non-hydrogen) atoms. The Kier molecular flexibility index (Phi) is 7.30. The van der Waals surface area contributed by atoms with E-state index in [2.05, 4.69) is 115 Å². The van der Waals surface area contributed by atoms with Crippen molar-refractivity contribution in [1.82, 2.24) is 19.9 Å². The van der Waals surface area contributed by atoms with Crippen LogP contribution < -0.4 is 0 Å². The summed E-state index contributed by atoms with van der Waals surface area (Å²) in [5.41, 5.74) is 10.0. The van der Waals surface area contributed by atoms with Crippen LogP contribution in [0.25, 0.3) is 88.0 Å². The van der Waals surface area contributed by atoms with Crippen LogP contribution in [0.4, 0.5) is 0 Å². The van der Waals surface area contributed by atoms with Gasteiger partial charge in [-0.25, -0.2) is 19.9 Å². The molecule has 3 aromatic heterocycles. The van der Waals surface area contributed by atoms with Crippen LogP contribution in [-0.4, -0.2) is 19.9 Å². The van der Waals surface area contributed by atoms with Gasteiger partial charge in [-0.05, 0) is 35.4 Å². The second kappa shape index (κ2) is 12.4. The number of hydrogen-bond acceptors (Lipinski definition) is 5. The van der Waals surface area contributed by atoms with Gasteiger partial charge >= 0.3 is 0 Å². The van der Waals surface area contributed by atoms with E-state index in [0.717, 1.165) is 72.1 Å². The fourth-order valence-electron chi connectivity index (χ4n) is 6.32. The zero-order chi connectivity index (χ0) is 32.6. The van der Waals surface area contributed by atoms with Crippen LogP contribution in [0.5, 0.6) is 0 Å². The molecule has 0 unspecified atom stereocenters. The number of hydrogen-bond donors (Lipinski definition) is 0. The van der Waals surface area contributed by atoms with Crippen LogP contribution >= 0.6 is 11.3 Å². The zero-order valence-corrected chi connectivity index (χ0v) is 27.2. The Morgan fingerprint density at radius 2 is 0.837 bits per heavy atom. The molecule has 0 amide bonds. The summed E-state index contributed by atoms with van der Waals surface area (Å²) < 4.78 is 1.20. The van der Waals surface area contributed by atoms with Crippen molar-refractivity contribution in [2.75, 3.05) is 0 Å². The Bertz CT molecular complexity index is 2540. The molecule has 0 bridgehead atoms. The maximum Gasteiger partial charge on any atom is 0.161 e. The average Bonchev–Trinajstić information content (AvgIpc) is 3.57. The van der Waals surface area contributed by atoms with Gasteiger partial charge in [0, 0.05) is 43.3 Å². The molecule has 0 aliphatic carbocycles. The minimum Gasteiger partial charge on any atom is -0.228 e. The van der Waals surface area contributed by atoms with Crippen molar-refractivity contribution in [1.29, 1.82) is 0 Å². The Balaban J connectivity index is 1.17. The van der Waals surface area contributed by atoms with Crippen molar-refractivity contribution in [3.63, 3.8) is 0 Å². The first-order valence-corrected chi connectivity index (χ1v) is 17.0. The summed E-state index contributed by atoms with van der Waals surface area (Å²) in [7, 11) is 0. The topological polar surface area (TPSA) is 51.6 Å². The van der Waals surface area contributed by atoms with E-state index >= 15 is 0 Å². The van der Waals surface area contributed by atoms with E-state index in [1.54, 1.807) is 11.3 Å². The maximum absolute atomic E-state index is 5.22. The molecular formula is C44H28N4S. The lowest BCUT2D eigenvalue weighted by Crippen LogP contribution is -1.96. The van der Waals surface area contributed by atoms with Crippen LogP contribution in [0.15, 0.2) is 170 Å². The van der Waals surface area contributed by atoms with Gasteiger partial charge in [0.15, 0.2) is 11.6 Å². The van der Waals surface area contributed by atoms with Gasteiger partial charge in [0.1, 0.15) is 4.83 Å². The first-order chi connectivity index (χ1) is 24.3. The zero-order valence-electron chi connectivity index (χ0n) is 26.4. The Labute approximate surface area is 288 Å². The number of thiophene rings is 1. The van der Waals surface area contributed by atoms with Crippen LogP contribution in [0.2, 0.25) is 0 Å². The molecule has 0 atom stereocenters. The van der Waals surface area contributed by atoms with Crippen molar-refractivity contribution in [2.45, 2.75) is 0 Å². The Morgan fingerprint density at radius 3 is 1.49 bits per heavy atom. The van der Waals surface area contributed by atoms with E-state index in [9.17, 15) is 0 Å². The lowest BCUT2D eigenvalue weighted by Gasteiger charge is -2.11. The van der Waals surface area contributed by atoms with Gasteiger partial charge in [0.2, 0.25) is 0 Å². The second-order valence-electron chi connectivity index (χ2n) is 11.9. The van der Waals surface area contributed by atoms with Gasteiger partial charge in [-0.2, -0.15) is 0 Å². The van der Waals surface area contributed by atoms with E-state index in [1.807, 2.05) is 54.6 Å². The third kappa shape index (κ3) is 5.56. The minimum absolute atomic E-state index is 0.688. The summed E-state index contributed by atoms with van der Waals surface area (Å²) in [5, 5.41) is 2.26. The lowest BCUT2D eigenvalue weighted by atomic mass is 9.98. The van der Waals surface area contributed by atoms with Gasteiger partial charge in [0.25, 0.3) is 0 Å². The van der Waals surface area contributed by atoms with Crippen molar-refractivity contribution < 1.29 is 0 Å². The van der Waals surface area contributed by atoms with Crippen molar-refractivity contribution in [2.24, 2.45) is 0 Å². The molecule has 0 saturated carbocycles. The highest BCUT2D eigenvalue weighted by molar-refractivity contribution is 7.25. The van der Waals surface area contributed by atoms with Crippen molar-refractivity contribution >= 4 is 31.6 Å². The highest BCUT2D eigenvalue weighted by Crippen LogP contribution is 2.40. The monoisotopic (exact) mass is 644 g/mol. The molecule has 0 spiro atoms. The van der Waals surface area contributed by atoms with Crippen LogP contribution in [0.3, 0.4) is 0 Å². The number of nitrogens with zero attached hydrogens (tertiary/aromatic N) is 4. The largest absolute Gasteiger partial charge is 0.228 e. The summed E-state index contributed by atoms with van der Waals surface area (Å²) in [6, 6.07) is 58.5. The number of aromatic nitrogens is 4. The van der Waals surface area contributed by atoms with Crippen LogP contribution in [-0.2, 0) is 0 Å². The summed E-state index contributed by atoms with van der Waals surface area (Å²) in [5.74, 6) is 1.42. The standard InChI is InChI=1S/C44H28N4S/c1-4-14-29(15-5-1)37-28-38(30-16-6-2-7-17-30)46-43(45-37)35-23-13-21-33(27-35)32-20-12-22-34(26-32)41-40-36-24-10-11-25-39(36)49-44(40)48-42(47-41)31-18-8-3-9-19-31/h1-28H. The number of fused-ring (bicyclic) bond motifs is 3. The molecule has 0 saturated heterocycles. The van der Waals surface area contributed by atoms with Crippen molar-refractivity contribution in [3.05, 3.63) is 170 Å². The van der Waals surface area contributed by atoms with Gasteiger partial charge in [0.05, 0.1) is 17.1 Å². The van der Waals surface area contributed by atoms with Gasteiger partial charge in [-0.15, -0.1) is 11.3 Å². The smallest absolute Gasteiger partial charge is 0.161 e. The predicted molar refractivity (Wildman–Crippen MR) is 203 cm³/mol. The summed E-state index contributed by atoms with van der Waals surface area (Å²) in [4.78, 5) is 21.4. The van der Waals surface area contributed by atoms with Crippen molar-refractivity contribution in [3.8, 4) is 67.7 Å². The number of benzene rings is 6. The minimum atomic E-state index is 0.688. The molecule has 0 aliphatic rings. The van der Waals surface area contributed by atoms with Gasteiger partial charge in [-0.1, -0.05) is 146 Å². The molecular weight excluding hydrogens is 617 g/mol. The first kappa shape index (κ1) is 28.9. The molecule has 6 aromatic carbocycles. The third-order valence-electron chi connectivity index (χ3n) is 8.73. The number of rotatable bonds is 6. The van der Waals surface area contributed by atoms with Gasteiger partial charge < -0.3 is 0 Å². The molecule has 5 heteroatoms. The third-order valence-corrected chi connectivity index (χ3v) is 9.79.